The topological polar surface area (TPSA) is 83.7 Å². The number of hydrogen-bond acceptors (Lipinski definition) is 6. The van der Waals surface area contributed by atoms with Crippen LogP contribution in [0.1, 0.15) is 18.4 Å². The van der Waals surface area contributed by atoms with Gasteiger partial charge >= 0.3 is 0 Å². The van der Waals surface area contributed by atoms with Crippen molar-refractivity contribution >= 4 is 15.3 Å². The number of amides is 1. The molecule has 0 aromatic heterocycles. The molecule has 128 valence electrons. The molecule has 1 amide bonds. The second-order valence-corrected chi connectivity index (χ2v) is 5.80. The van der Waals surface area contributed by atoms with Crippen LogP contribution in [0.3, 0.4) is 0 Å². The highest BCUT2D eigenvalue weighted by Gasteiger charge is 2.25. The molecule has 0 spiro atoms. The lowest BCUT2D eigenvalue weighted by molar-refractivity contribution is -0.136. The zero-order valence-electron chi connectivity index (χ0n) is 13.1. The molecule has 1 aromatic rings. The molecule has 1 aliphatic rings. The van der Waals surface area contributed by atoms with Crippen LogP contribution in [-0.4, -0.2) is 37.7 Å². The number of carbonyl (C=O) groups is 1. The van der Waals surface area contributed by atoms with Crippen molar-refractivity contribution < 1.29 is 14.5 Å². The molecular weight excluding hydrogens is 315 g/mol. The molecule has 1 aliphatic heterocycles. The van der Waals surface area contributed by atoms with Crippen molar-refractivity contribution in [3.05, 3.63) is 35.9 Å². The van der Waals surface area contributed by atoms with Gasteiger partial charge in [-0.25, -0.2) is 5.48 Å². The molecule has 3 atom stereocenters. The van der Waals surface area contributed by atoms with Gasteiger partial charge in [-0.2, -0.15) is 5.48 Å². The molecule has 4 N–H and O–H groups in total. The summed E-state index contributed by atoms with van der Waals surface area (Å²) in [4.78, 5) is 22.5. The smallest absolute Gasteiger partial charge is 0.260 e. The van der Waals surface area contributed by atoms with Crippen LogP contribution in [0, 0.1) is 0 Å². The minimum atomic E-state index is -0.217. The van der Waals surface area contributed by atoms with Crippen molar-refractivity contribution in [3.63, 3.8) is 0 Å². The normalized spacial score (nSPS) is 21.1. The van der Waals surface area contributed by atoms with Crippen molar-refractivity contribution in [3.8, 4) is 0 Å². The van der Waals surface area contributed by atoms with E-state index in [1.807, 2.05) is 30.3 Å². The van der Waals surface area contributed by atoms with E-state index in [4.69, 9.17) is 9.68 Å². The Morgan fingerprint density at radius 3 is 2.78 bits per heavy atom. The molecule has 1 saturated heterocycles. The van der Waals surface area contributed by atoms with Gasteiger partial charge in [-0.05, 0) is 18.4 Å². The van der Waals surface area contributed by atoms with E-state index in [0.717, 1.165) is 18.4 Å². The summed E-state index contributed by atoms with van der Waals surface area (Å²) in [5, 5.41) is 6.06. The first-order chi connectivity index (χ1) is 11.3. The van der Waals surface area contributed by atoms with Crippen LogP contribution in [0.25, 0.3) is 0 Å². The minimum Gasteiger partial charge on any atom is -0.304 e. The summed E-state index contributed by atoms with van der Waals surface area (Å²) < 4.78 is 0. The largest absolute Gasteiger partial charge is 0.304 e. The summed E-state index contributed by atoms with van der Waals surface area (Å²) in [6.45, 7) is 2.30. The maximum absolute atomic E-state index is 11.9. The molecule has 7 nitrogen and oxygen atoms in total. The maximum atomic E-state index is 11.9. The summed E-state index contributed by atoms with van der Waals surface area (Å²) in [6, 6.07) is 9.98. The second-order valence-electron chi connectivity index (χ2n) is 5.40. The van der Waals surface area contributed by atoms with E-state index in [-0.39, 0.29) is 18.0 Å². The van der Waals surface area contributed by atoms with Gasteiger partial charge in [0, 0.05) is 19.1 Å². The van der Waals surface area contributed by atoms with E-state index in [0.29, 0.717) is 26.3 Å². The molecule has 23 heavy (non-hydrogen) atoms. The van der Waals surface area contributed by atoms with Crippen LogP contribution in [-0.2, 0) is 21.1 Å². The van der Waals surface area contributed by atoms with Crippen molar-refractivity contribution in [1.82, 2.24) is 21.4 Å². The Hall–Kier alpha value is -1.08. The molecule has 0 aliphatic carbocycles. The fraction of sp³-hybridized carbons (Fsp3) is 0.533. The van der Waals surface area contributed by atoms with Gasteiger partial charge in [0.25, 0.3) is 5.91 Å². The lowest BCUT2D eigenvalue weighted by atomic mass is 10.0. The zero-order valence-corrected chi connectivity index (χ0v) is 14.2. The Morgan fingerprint density at radius 2 is 2.09 bits per heavy atom. The predicted molar refractivity (Wildman–Crippen MR) is 91.0 cm³/mol. The lowest BCUT2D eigenvalue weighted by Gasteiger charge is -2.29. The van der Waals surface area contributed by atoms with Gasteiger partial charge < -0.3 is 5.32 Å². The fourth-order valence-electron chi connectivity index (χ4n) is 2.30. The van der Waals surface area contributed by atoms with Gasteiger partial charge in [-0.15, -0.1) is 0 Å². The maximum Gasteiger partial charge on any atom is 0.260 e. The third kappa shape index (κ3) is 6.91. The Kier molecular flexibility index (Phi) is 8.46. The number of piperidine rings is 1. The van der Waals surface area contributed by atoms with Crippen LogP contribution in [0.4, 0.5) is 0 Å². The first-order valence-electron chi connectivity index (χ1n) is 7.79. The quantitative estimate of drug-likeness (QED) is 0.293. The van der Waals surface area contributed by atoms with Crippen molar-refractivity contribution in [2.24, 2.45) is 0 Å². The highest BCUT2D eigenvalue weighted by Crippen LogP contribution is 2.09. The predicted octanol–water partition coefficient (Wildman–Crippen LogP) is 0.256. The number of benzene rings is 1. The average Bonchev–Trinajstić information content (AvgIpc) is 2.60. The average molecular weight is 340 g/mol. The molecule has 1 fully saturated rings. The number of nitrogens with one attached hydrogen (secondary N) is 4. The van der Waals surface area contributed by atoms with Gasteiger partial charge in [0.15, 0.2) is 0 Å². The third-order valence-corrected chi connectivity index (χ3v) is 3.87. The molecule has 0 radical (unpaired) electrons. The molecule has 8 heteroatoms. The highest BCUT2D eigenvalue weighted by atomic mass is 31.0. The van der Waals surface area contributed by atoms with E-state index in [2.05, 4.69) is 30.8 Å². The molecule has 0 bridgehead atoms. The summed E-state index contributed by atoms with van der Waals surface area (Å²) in [5.41, 5.74) is 6.64. The zero-order chi connectivity index (χ0) is 16.3. The van der Waals surface area contributed by atoms with Crippen molar-refractivity contribution in [2.75, 3.05) is 19.7 Å². The first kappa shape index (κ1) is 18.3. The molecule has 1 heterocycles. The summed E-state index contributed by atoms with van der Waals surface area (Å²) in [7, 11) is 2.38. The van der Waals surface area contributed by atoms with Gasteiger partial charge in [-0.1, -0.05) is 39.7 Å². The van der Waals surface area contributed by atoms with Gasteiger partial charge in [0.05, 0.1) is 19.3 Å². The SMILES string of the molecule is O=C(NOCCNP)[C@@H]1CCC(NOCc2ccccc2)CN1. The molecule has 2 rings (SSSR count). The van der Waals surface area contributed by atoms with Gasteiger partial charge in [0.1, 0.15) is 0 Å². The Morgan fingerprint density at radius 1 is 1.26 bits per heavy atom. The molecular formula is C15H25N4O3P. The van der Waals surface area contributed by atoms with E-state index in [1.54, 1.807) is 0 Å². The van der Waals surface area contributed by atoms with E-state index in [9.17, 15) is 4.79 Å². The summed E-state index contributed by atoms with van der Waals surface area (Å²) in [5.74, 6) is -0.127. The number of hydroxylamine groups is 2. The third-order valence-electron chi connectivity index (χ3n) is 3.58. The second kappa shape index (κ2) is 10.6. The van der Waals surface area contributed by atoms with Crippen molar-refractivity contribution in [2.45, 2.75) is 31.5 Å². The van der Waals surface area contributed by atoms with Crippen LogP contribution in [0.2, 0.25) is 0 Å². The van der Waals surface area contributed by atoms with E-state index in [1.165, 1.54) is 0 Å². The minimum absolute atomic E-state index is 0.127. The Bertz CT molecular complexity index is 455. The van der Waals surface area contributed by atoms with Gasteiger partial charge in [-0.3, -0.25) is 19.6 Å². The van der Waals surface area contributed by atoms with Crippen molar-refractivity contribution in [1.29, 1.82) is 0 Å². The summed E-state index contributed by atoms with van der Waals surface area (Å²) >= 11 is 0. The first-order valence-corrected chi connectivity index (χ1v) is 8.37. The molecule has 0 saturated carbocycles. The monoisotopic (exact) mass is 340 g/mol. The van der Waals surface area contributed by atoms with Crippen LogP contribution in [0.5, 0.6) is 0 Å². The number of rotatable bonds is 9. The Balaban J connectivity index is 1.57. The molecule has 1 aromatic carbocycles. The van der Waals surface area contributed by atoms with E-state index >= 15 is 0 Å². The van der Waals surface area contributed by atoms with Crippen LogP contribution in [0.15, 0.2) is 30.3 Å². The van der Waals surface area contributed by atoms with Gasteiger partial charge in [0.2, 0.25) is 0 Å². The Labute approximate surface area is 139 Å². The highest BCUT2D eigenvalue weighted by molar-refractivity contribution is 7.13. The number of hydrogen-bond donors (Lipinski definition) is 4. The number of carbonyl (C=O) groups excluding carboxylic acids is 1. The van der Waals surface area contributed by atoms with Crippen LogP contribution < -0.4 is 21.4 Å². The lowest BCUT2D eigenvalue weighted by Crippen LogP contribution is -2.53. The standard InChI is InChI=1S/C15H25N4O3P/c20-15(19-21-9-8-17-23)14-7-6-13(10-16-14)18-22-11-12-4-2-1-3-5-12/h1-5,13-14,16-18H,6-11,23H2,(H,19,20)/t13?,14-/m0/s1. The summed E-state index contributed by atoms with van der Waals surface area (Å²) in [6.07, 6.45) is 1.61. The molecule has 2 unspecified atom stereocenters. The van der Waals surface area contributed by atoms with E-state index < -0.39 is 0 Å². The fourth-order valence-corrected chi connectivity index (χ4v) is 2.42. The van der Waals surface area contributed by atoms with Crippen LogP contribution >= 0.6 is 9.39 Å².